The lowest BCUT2D eigenvalue weighted by molar-refractivity contribution is 0.0984. The predicted octanol–water partition coefficient (Wildman–Crippen LogP) is 3.21. The summed E-state index contributed by atoms with van der Waals surface area (Å²) < 4.78 is 26.6. The number of nitrogens with two attached hydrogens (primary N) is 1. The highest BCUT2D eigenvalue weighted by molar-refractivity contribution is 6.06. The lowest BCUT2D eigenvalue weighted by Gasteiger charge is -2.21. The number of carbonyl (C=O) groups is 1. The largest absolute Gasteiger partial charge is 0.399 e. The van der Waals surface area contributed by atoms with Crippen molar-refractivity contribution in [1.82, 2.24) is 0 Å². The third-order valence-electron chi connectivity index (χ3n) is 2.90. The standard InChI is InChI=1S/C15H14F2N2O/c1-2-19(12-5-3-4-11(18)9-12)15(20)13-7-6-10(16)8-14(13)17/h3-9H,2,18H2,1H3. The van der Waals surface area contributed by atoms with Crippen LogP contribution in [0, 0.1) is 11.6 Å². The molecule has 0 aliphatic rings. The Morgan fingerprint density at radius 3 is 2.55 bits per heavy atom. The maximum atomic E-state index is 13.7. The number of carbonyl (C=O) groups excluding carboxylic acids is 1. The number of nitrogen functional groups attached to an aromatic ring is 1. The van der Waals surface area contributed by atoms with Crippen molar-refractivity contribution in [1.29, 1.82) is 0 Å². The van der Waals surface area contributed by atoms with Gasteiger partial charge in [-0.25, -0.2) is 8.78 Å². The number of rotatable bonds is 3. The summed E-state index contributed by atoms with van der Waals surface area (Å²) in [6.07, 6.45) is 0. The number of hydrogen-bond acceptors (Lipinski definition) is 2. The number of hydrogen-bond donors (Lipinski definition) is 1. The van der Waals surface area contributed by atoms with Crippen LogP contribution in [-0.4, -0.2) is 12.5 Å². The van der Waals surface area contributed by atoms with Crippen molar-refractivity contribution >= 4 is 17.3 Å². The summed E-state index contributed by atoms with van der Waals surface area (Å²) in [6, 6.07) is 9.63. The van der Waals surface area contributed by atoms with Gasteiger partial charge in [0.1, 0.15) is 11.6 Å². The smallest absolute Gasteiger partial charge is 0.261 e. The van der Waals surface area contributed by atoms with E-state index in [1.165, 1.54) is 4.90 Å². The van der Waals surface area contributed by atoms with Gasteiger partial charge >= 0.3 is 0 Å². The van der Waals surface area contributed by atoms with Gasteiger partial charge in [0, 0.05) is 24.0 Å². The third kappa shape index (κ3) is 2.77. The molecule has 1 amide bonds. The van der Waals surface area contributed by atoms with Crippen LogP contribution in [0.15, 0.2) is 42.5 Å². The minimum atomic E-state index is -0.877. The summed E-state index contributed by atoms with van der Waals surface area (Å²) in [5.74, 6) is -2.13. The molecule has 0 bridgehead atoms. The fraction of sp³-hybridized carbons (Fsp3) is 0.133. The number of benzene rings is 2. The van der Waals surface area contributed by atoms with E-state index in [-0.39, 0.29) is 5.56 Å². The minimum Gasteiger partial charge on any atom is -0.399 e. The Morgan fingerprint density at radius 2 is 1.95 bits per heavy atom. The maximum absolute atomic E-state index is 13.7. The molecule has 104 valence electrons. The second kappa shape index (κ2) is 5.69. The molecule has 0 saturated heterocycles. The number of anilines is 2. The molecule has 0 atom stereocenters. The molecule has 0 aliphatic heterocycles. The van der Waals surface area contributed by atoms with Crippen LogP contribution in [0.3, 0.4) is 0 Å². The van der Waals surface area contributed by atoms with Gasteiger partial charge in [-0.15, -0.1) is 0 Å². The predicted molar refractivity (Wildman–Crippen MR) is 74.6 cm³/mol. The summed E-state index contributed by atoms with van der Waals surface area (Å²) in [7, 11) is 0. The van der Waals surface area contributed by atoms with Crippen LogP contribution in [-0.2, 0) is 0 Å². The first-order valence-electron chi connectivity index (χ1n) is 6.15. The van der Waals surface area contributed by atoms with Crippen molar-refractivity contribution in [2.45, 2.75) is 6.92 Å². The maximum Gasteiger partial charge on any atom is 0.261 e. The van der Waals surface area contributed by atoms with Crippen LogP contribution in [0.25, 0.3) is 0 Å². The Bertz CT molecular complexity index is 644. The van der Waals surface area contributed by atoms with E-state index in [2.05, 4.69) is 0 Å². The van der Waals surface area contributed by atoms with E-state index in [1.54, 1.807) is 31.2 Å². The monoisotopic (exact) mass is 276 g/mol. The zero-order valence-corrected chi connectivity index (χ0v) is 10.9. The molecule has 0 unspecified atom stereocenters. The molecular weight excluding hydrogens is 262 g/mol. The molecule has 0 fully saturated rings. The second-order valence-corrected chi connectivity index (χ2v) is 4.27. The highest BCUT2D eigenvalue weighted by Crippen LogP contribution is 2.21. The van der Waals surface area contributed by atoms with Crippen LogP contribution < -0.4 is 10.6 Å². The van der Waals surface area contributed by atoms with Crippen molar-refractivity contribution in [2.75, 3.05) is 17.2 Å². The van der Waals surface area contributed by atoms with Crippen LogP contribution in [0.5, 0.6) is 0 Å². The Hall–Kier alpha value is -2.43. The van der Waals surface area contributed by atoms with Crippen molar-refractivity contribution < 1.29 is 13.6 Å². The molecule has 0 aromatic heterocycles. The van der Waals surface area contributed by atoms with Gasteiger partial charge < -0.3 is 10.6 Å². The first-order valence-corrected chi connectivity index (χ1v) is 6.15. The third-order valence-corrected chi connectivity index (χ3v) is 2.90. The molecule has 3 nitrogen and oxygen atoms in total. The SMILES string of the molecule is CCN(C(=O)c1ccc(F)cc1F)c1cccc(N)c1. The topological polar surface area (TPSA) is 46.3 Å². The van der Waals surface area contributed by atoms with Gasteiger partial charge in [0.2, 0.25) is 0 Å². The Balaban J connectivity index is 2.39. The molecule has 0 saturated carbocycles. The molecule has 20 heavy (non-hydrogen) atoms. The first-order chi connectivity index (χ1) is 9.52. The highest BCUT2D eigenvalue weighted by atomic mass is 19.1. The lowest BCUT2D eigenvalue weighted by atomic mass is 10.1. The van der Waals surface area contributed by atoms with E-state index in [0.717, 1.165) is 12.1 Å². The number of halogens is 2. The zero-order valence-electron chi connectivity index (χ0n) is 10.9. The van der Waals surface area contributed by atoms with Gasteiger partial charge in [0.15, 0.2) is 0 Å². The second-order valence-electron chi connectivity index (χ2n) is 4.27. The highest BCUT2D eigenvalue weighted by Gasteiger charge is 2.20. The van der Waals surface area contributed by atoms with Crippen LogP contribution in [0.2, 0.25) is 0 Å². The zero-order chi connectivity index (χ0) is 14.7. The summed E-state index contributed by atoms with van der Waals surface area (Å²) >= 11 is 0. The summed E-state index contributed by atoms with van der Waals surface area (Å²) in [4.78, 5) is 13.7. The molecule has 5 heteroatoms. The lowest BCUT2D eigenvalue weighted by Crippen LogP contribution is -2.31. The van der Waals surface area contributed by atoms with Gasteiger partial charge in [-0.05, 0) is 37.3 Å². The molecular formula is C15H14F2N2O. The molecule has 2 rings (SSSR count). The minimum absolute atomic E-state index is 0.171. The average Bonchev–Trinajstić information content (AvgIpc) is 2.39. The van der Waals surface area contributed by atoms with Crippen molar-refractivity contribution in [2.24, 2.45) is 0 Å². The molecule has 0 radical (unpaired) electrons. The van der Waals surface area contributed by atoms with Gasteiger partial charge in [-0.1, -0.05) is 6.07 Å². The Kier molecular flexibility index (Phi) is 3.98. The summed E-state index contributed by atoms with van der Waals surface area (Å²) in [6.45, 7) is 2.11. The molecule has 0 spiro atoms. The van der Waals surface area contributed by atoms with E-state index < -0.39 is 17.5 Å². The van der Waals surface area contributed by atoms with Crippen molar-refractivity contribution in [3.63, 3.8) is 0 Å². The average molecular weight is 276 g/mol. The van der Waals surface area contributed by atoms with E-state index in [1.807, 2.05) is 0 Å². The van der Waals surface area contributed by atoms with Crippen LogP contribution in [0.1, 0.15) is 17.3 Å². The first kappa shape index (κ1) is 14.0. The fourth-order valence-corrected chi connectivity index (χ4v) is 1.94. The van der Waals surface area contributed by atoms with E-state index >= 15 is 0 Å². The van der Waals surface area contributed by atoms with Crippen molar-refractivity contribution in [3.8, 4) is 0 Å². The Morgan fingerprint density at radius 1 is 1.20 bits per heavy atom. The van der Waals surface area contributed by atoms with Gasteiger partial charge in [0.05, 0.1) is 5.56 Å². The van der Waals surface area contributed by atoms with Crippen LogP contribution >= 0.6 is 0 Å². The number of nitrogens with zero attached hydrogens (tertiary/aromatic N) is 1. The summed E-state index contributed by atoms with van der Waals surface area (Å²) in [5, 5.41) is 0. The van der Waals surface area contributed by atoms with E-state index in [9.17, 15) is 13.6 Å². The quantitative estimate of drug-likeness (QED) is 0.875. The van der Waals surface area contributed by atoms with E-state index in [0.29, 0.717) is 24.0 Å². The number of amides is 1. The van der Waals surface area contributed by atoms with Crippen molar-refractivity contribution in [3.05, 3.63) is 59.7 Å². The van der Waals surface area contributed by atoms with Crippen LogP contribution in [0.4, 0.5) is 20.2 Å². The van der Waals surface area contributed by atoms with Gasteiger partial charge in [0.25, 0.3) is 5.91 Å². The fourth-order valence-electron chi connectivity index (χ4n) is 1.94. The molecule has 2 aromatic carbocycles. The normalized spacial score (nSPS) is 10.3. The van der Waals surface area contributed by atoms with Gasteiger partial charge in [-0.2, -0.15) is 0 Å². The summed E-state index contributed by atoms with van der Waals surface area (Å²) in [5.41, 5.74) is 6.59. The molecule has 2 N–H and O–H groups in total. The molecule has 2 aromatic rings. The molecule has 0 aliphatic carbocycles. The van der Waals surface area contributed by atoms with Gasteiger partial charge in [-0.3, -0.25) is 4.79 Å². The Labute approximate surface area is 115 Å². The molecule has 0 heterocycles. The van der Waals surface area contributed by atoms with E-state index in [4.69, 9.17) is 5.73 Å².